The highest BCUT2D eigenvalue weighted by atomic mass is 35.5. The predicted octanol–water partition coefficient (Wildman–Crippen LogP) is 4.39. The molecule has 2 aromatic carbocycles. The standard InChI is InChI=1S/C22H22ClN3O3S/c1-14-3-5-16(23)12-18(14)24-22-25-21(27)20(30-22)11-15-4-6-17(13-19(15)28-2)26-7-9-29-10-8-26/h3-6,11-13H,7-10H2,1-2H3,(H,24,25,27)/b20-11-. The Hall–Kier alpha value is -2.48. The number of morpholine rings is 1. The normalized spacial score (nSPS) is 19.4. The summed E-state index contributed by atoms with van der Waals surface area (Å²) in [7, 11) is 1.64. The van der Waals surface area contributed by atoms with Crippen LogP contribution in [0.15, 0.2) is 46.3 Å². The zero-order chi connectivity index (χ0) is 21.1. The third-order valence-electron chi connectivity index (χ3n) is 4.92. The van der Waals surface area contributed by atoms with Crippen LogP contribution >= 0.6 is 23.4 Å². The molecule has 0 aromatic heterocycles. The molecular formula is C22H22ClN3O3S. The number of nitrogens with one attached hydrogen (secondary N) is 1. The van der Waals surface area contributed by atoms with Gasteiger partial charge >= 0.3 is 0 Å². The molecule has 2 heterocycles. The van der Waals surface area contributed by atoms with Crippen molar-refractivity contribution in [3.05, 3.63) is 57.5 Å². The molecular weight excluding hydrogens is 422 g/mol. The van der Waals surface area contributed by atoms with Gasteiger partial charge in [-0.15, -0.1) is 0 Å². The van der Waals surface area contributed by atoms with Crippen molar-refractivity contribution in [3.63, 3.8) is 0 Å². The van der Waals surface area contributed by atoms with E-state index in [1.165, 1.54) is 11.8 Å². The van der Waals surface area contributed by atoms with Gasteiger partial charge in [-0.2, -0.15) is 0 Å². The molecule has 8 heteroatoms. The molecule has 2 fully saturated rings. The lowest BCUT2D eigenvalue weighted by atomic mass is 10.1. The van der Waals surface area contributed by atoms with E-state index in [1.807, 2.05) is 43.3 Å². The molecule has 1 amide bonds. The lowest BCUT2D eigenvalue weighted by molar-refractivity contribution is -0.115. The van der Waals surface area contributed by atoms with E-state index in [0.29, 0.717) is 15.1 Å². The van der Waals surface area contributed by atoms with Gasteiger partial charge in [-0.25, -0.2) is 4.99 Å². The molecule has 2 aliphatic rings. The molecule has 0 radical (unpaired) electrons. The highest BCUT2D eigenvalue weighted by Crippen LogP contribution is 2.33. The highest BCUT2D eigenvalue weighted by Gasteiger charge is 2.24. The molecule has 0 aliphatic carbocycles. The van der Waals surface area contributed by atoms with Gasteiger partial charge in [0.25, 0.3) is 5.91 Å². The highest BCUT2D eigenvalue weighted by molar-refractivity contribution is 8.18. The topological polar surface area (TPSA) is 63.2 Å². The predicted molar refractivity (Wildman–Crippen MR) is 123 cm³/mol. The number of amides is 1. The molecule has 0 spiro atoms. The van der Waals surface area contributed by atoms with Gasteiger partial charge in [-0.3, -0.25) is 4.79 Å². The Morgan fingerprint density at radius 2 is 2.03 bits per heavy atom. The maximum absolute atomic E-state index is 12.5. The van der Waals surface area contributed by atoms with Crippen LogP contribution in [0.25, 0.3) is 6.08 Å². The summed E-state index contributed by atoms with van der Waals surface area (Å²) in [6.45, 7) is 5.10. The monoisotopic (exact) mass is 443 g/mol. The fraction of sp³-hybridized carbons (Fsp3) is 0.273. The average molecular weight is 444 g/mol. The van der Waals surface area contributed by atoms with E-state index in [9.17, 15) is 4.79 Å². The quantitative estimate of drug-likeness (QED) is 0.710. The van der Waals surface area contributed by atoms with Crippen LogP contribution in [-0.2, 0) is 9.53 Å². The Morgan fingerprint density at radius 3 is 2.80 bits per heavy atom. The zero-order valence-electron chi connectivity index (χ0n) is 16.8. The maximum atomic E-state index is 12.5. The van der Waals surface area contributed by atoms with Crippen LogP contribution in [0.4, 0.5) is 11.4 Å². The number of amidine groups is 1. The molecule has 6 nitrogen and oxygen atoms in total. The van der Waals surface area contributed by atoms with Gasteiger partial charge in [0.15, 0.2) is 5.17 Å². The van der Waals surface area contributed by atoms with Crippen molar-refractivity contribution >= 4 is 51.9 Å². The van der Waals surface area contributed by atoms with Crippen molar-refractivity contribution in [2.24, 2.45) is 4.99 Å². The number of nitrogens with zero attached hydrogens (tertiary/aromatic N) is 2. The van der Waals surface area contributed by atoms with Gasteiger partial charge in [-0.1, -0.05) is 17.7 Å². The molecule has 0 saturated carbocycles. The van der Waals surface area contributed by atoms with Crippen LogP contribution in [0.2, 0.25) is 5.02 Å². The second-order valence-electron chi connectivity index (χ2n) is 6.94. The second kappa shape index (κ2) is 9.12. The third kappa shape index (κ3) is 4.64. The Bertz CT molecular complexity index is 1030. The summed E-state index contributed by atoms with van der Waals surface area (Å²) >= 11 is 7.37. The van der Waals surface area contributed by atoms with Gasteiger partial charge < -0.3 is 19.7 Å². The first-order chi connectivity index (χ1) is 14.5. The minimum Gasteiger partial charge on any atom is -0.496 e. The summed E-state index contributed by atoms with van der Waals surface area (Å²) in [6, 6.07) is 11.5. The third-order valence-corrected chi connectivity index (χ3v) is 6.07. The summed E-state index contributed by atoms with van der Waals surface area (Å²) in [5.74, 6) is 0.536. The maximum Gasteiger partial charge on any atom is 0.264 e. The molecule has 4 rings (SSSR count). The minimum absolute atomic E-state index is 0.183. The summed E-state index contributed by atoms with van der Waals surface area (Å²) < 4.78 is 11.0. The molecule has 0 unspecified atom stereocenters. The zero-order valence-corrected chi connectivity index (χ0v) is 18.3. The van der Waals surface area contributed by atoms with E-state index >= 15 is 0 Å². The first kappa shape index (κ1) is 20.8. The van der Waals surface area contributed by atoms with Crippen LogP contribution < -0.4 is 15.0 Å². The number of benzene rings is 2. The number of halogens is 1. The van der Waals surface area contributed by atoms with Crippen LogP contribution in [0.3, 0.4) is 0 Å². The Kier molecular flexibility index (Phi) is 6.32. The van der Waals surface area contributed by atoms with Gasteiger partial charge in [0.2, 0.25) is 0 Å². The van der Waals surface area contributed by atoms with Crippen molar-refractivity contribution in [1.29, 1.82) is 0 Å². The first-order valence-corrected chi connectivity index (χ1v) is 10.8. The van der Waals surface area contributed by atoms with Gasteiger partial charge in [0.05, 0.1) is 30.9 Å². The number of ether oxygens (including phenoxy) is 2. The Morgan fingerprint density at radius 1 is 1.23 bits per heavy atom. The minimum atomic E-state index is -0.183. The lowest BCUT2D eigenvalue weighted by Gasteiger charge is -2.29. The molecule has 2 aromatic rings. The largest absolute Gasteiger partial charge is 0.496 e. The van der Waals surface area contributed by atoms with E-state index in [4.69, 9.17) is 21.1 Å². The van der Waals surface area contributed by atoms with Gasteiger partial charge in [-0.05, 0) is 54.6 Å². The molecule has 30 heavy (non-hydrogen) atoms. The molecule has 156 valence electrons. The number of carbonyl (C=O) groups is 1. The smallest absolute Gasteiger partial charge is 0.264 e. The van der Waals surface area contributed by atoms with Crippen LogP contribution in [0, 0.1) is 6.92 Å². The summed E-state index contributed by atoms with van der Waals surface area (Å²) in [5.41, 5.74) is 3.64. The number of aliphatic imine (C=N–C) groups is 1. The molecule has 1 N–H and O–H groups in total. The Labute approximate surface area is 184 Å². The Balaban J connectivity index is 1.57. The van der Waals surface area contributed by atoms with Crippen molar-refractivity contribution in [3.8, 4) is 5.75 Å². The van der Waals surface area contributed by atoms with Crippen molar-refractivity contribution in [2.45, 2.75) is 6.92 Å². The first-order valence-electron chi connectivity index (χ1n) is 9.60. The van der Waals surface area contributed by atoms with E-state index in [-0.39, 0.29) is 5.91 Å². The van der Waals surface area contributed by atoms with E-state index in [2.05, 4.69) is 15.2 Å². The molecule has 0 bridgehead atoms. The molecule has 2 saturated heterocycles. The van der Waals surface area contributed by atoms with Crippen LogP contribution in [0.5, 0.6) is 5.75 Å². The number of carbonyl (C=O) groups excluding carboxylic acids is 1. The number of hydrogen-bond donors (Lipinski definition) is 1. The van der Waals surface area contributed by atoms with Crippen molar-refractivity contribution < 1.29 is 14.3 Å². The lowest BCUT2D eigenvalue weighted by Crippen LogP contribution is -2.36. The van der Waals surface area contributed by atoms with E-state index < -0.39 is 0 Å². The van der Waals surface area contributed by atoms with Crippen molar-refractivity contribution in [1.82, 2.24) is 5.32 Å². The fourth-order valence-electron chi connectivity index (χ4n) is 3.27. The number of methoxy groups -OCH3 is 1. The molecule has 0 atom stereocenters. The van der Waals surface area contributed by atoms with Crippen LogP contribution in [-0.4, -0.2) is 44.5 Å². The molecule has 2 aliphatic heterocycles. The van der Waals surface area contributed by atoms with Crippen molar-refractivity contribution in [2.75, 3.05) is 38.3 Å². The van der Waals surface area contributed by atoms with Gasteiger partial charge in [0, 0.05) is 35.4 Å². The summed E-state index contributed by atoms with van der Waals surface area (Å²) in [5, 5.41) is 3.95. The number of anilines is 1. The fourth-order valence-corrected chi connectivity index (χ4v) is 4.26. The summed E-state index contributed by atoms with van der Waals surface area (Å²) in [4.78, 5) is 19.8. The SMILES string of the molecule is COc1cc(N2CCOCC2)ccc1/C=C1\SC(=Nc2cc(Cl)ccc2C)NC1=O. The number of thioether (sulfide) groups is 1. The second-order valence-corrected chi connectivity index (χ2v) is 8.41. The average Bonchev–Trinajstić information content (AvgIpc) is 3.10. The van der Waals surface area contributed by atoms with E-state index in [1.54, 1.807) is 13.2 Å². The number of rotatable bonds is 4. The number of aryl methyl sites for hydroxylation is 1. The number of hydrogen-bond acceptors (Lipinski definition) is 6. The van der Waals surface area contributed by atoms with Gasteiger partial charge in [0.1, 0.15) is 5.75 Å². The van der Waals surface area contributed by atoms with E-state index in [0.717, 1.165) is 54.6 Å². The van der Waals surface area contributed by atoms with Crippen LogP contribution in [0.1, 0.15) is 11.1 Å². The summed E-state index contributed by atoms with van der Waals surface area (Å²) in [6.07, 6.45) is 1.83.